The van der Waals surface area contributed by atoms with Gasteiger partial charge in [-0.2, -0.15) is 0 Å². The Kier molecular flexibility index (Phi) is 4.65. The topological polar surface area (TPSA) is 102 Å². The summed E-state index contributed by atoms with van der Waals surface area (Å²) < 4.78 is 5.16. The SMILES string of the molecule is NC1=NC(CCc2ccc(NC(=O)c3ccc4cccnc4n3)cc2)CO1. The second kappa shape index (κ2) is 7.41. The van der Waals surface area contributed by atoms with Crippen LogP contribution in [0, 0.1) is 0 Å². The number of amidine groups is 1. The molecule has 0 radical (unpaired) electrons. The summed E-state index contributed by atoms with van der Waals surface area (Å²) in [5.41, 5.74) is 8.30. The van der Waals surface area contributed by atoms with Gasteiger partial charge in [0.2, 0.25) is 0 Å². The summed E-state index contributed by atoms with van der Waals surface area (Å²) in [6, 6.07) is 15.4. The molecule has 7 heteroatoms. The molecule has 1 aromatic carbocycles. The molecule has 27 heavy (non-hydrogen) atoms. The molecule has 3 N–H and O–H groups in total. The Hall–Kier alpha value is -3.48. The number of fused-ring (bicyclic) bond motifs is 1. The van der Waals surface area contributed by atoms with Gasteiger partial charge in [-0.3, -0.25) is 4.79 Å². The summed E-state index contributed by atoms with van der Waals surface area (Å²) in [7, 11) is 0. The van der Waals surface area contributed by atoms with Crippen molar-refractivity contribution in [1.29, 1.82) is 0 Å². The zero-order chi connectivity index (χ0) is 18.6. The van der Waals surface area contributed by atoms with Crippen LogP contribution in [0.4, 0.5) is 5.69 Å². The van der Waals surface area contributed by atoms with Crippen LogP contribution in [0.3, 0.4) is 0 Å². The number of ether oxygens (including phenoxy) is 1. The van der Waals surface area contributed by atoms with Crippen LogP contribution in [0.2, 0.25) is 0 Å². The number of nitrogens with two attached hydrogens (primary N) is 1. The van der Waals surface area contributed by atoms with Crippen LogP contribution in [0.15, 0.2) is 59.7 Å². The van der Waals surface area contributed by atoms with Gasteiger partial charge in [-0.1, -0.05) is 12.1 Å². The maximum Gasteiger partial charge on any atom is 0.282 e. The lowest BCUT2D eigenvalue weighted by atomic mass is 10.1. The van der Waals surface area contributed by atoms with Crippen molar-refractivity contribution >= 4 is 28.6 Å². The molecule has 2 aromatic heterocycles. The predicted molar refractivity (Wildman–Crippen MR) is 104 cm³/mol. The predicted octanol–water partition coefficient (Wildman–Crippen LogP) is 2.53. The van der Waals surface area contributed by atoms with E-state index in [1.165, 1.54) is 5.56 Å². The average Bonchev–Trinajstić information content (AvgIpc) is 3.12. The molecule has 0 spiro atoms. The lowest BCUT2D eigenvalue weighted by Crippen LogP contribution is -2.13. The van der Waals surface area contributed by atoms with Crippen LogP contribution in [0.5, 0.6) is 0 Å². The number of nitrogens with one attached hydrogen (secondary N) is 1. The second-order valence-corrected chi connectivity index (χ2v) is 6.37. The van der Waals surface area contributed by atoms with E-state index in [2.05, 4.69) is 20.3 Å². The first-order chi connectivity index (χ1) is 13.2. The highest BCUT2D eigenvalue weighted by Crippen LogP contribution is 2.16. The third-order valence-corrected chi connectivity index (χ3v) is 4.41. The van der Waals surface area contributed by atoms with E-state index in [0.29, 0.717) is 17.9 Å². The summed E-state index contributed by atoms with van der Waals surface area (Å²) in [5.74, 6) is -0.261. The molecular weight excluding hydrogens is 342 g/mol. The minimum atomic E-state index is -0.261. The highest BCUT2D eigenvalue weighted by Gasteiger charge is 2.16. The number of carbonyl (C=O) groups is 1. The van der Waals surface area contributed by atoms with E-state index in [1.54, 1.807) is 12.3 Å². The molecule has 0 saturated carbocycles. The van der Waals surface area contributed by atoms with E-state index in [1.807, 2.05) is 42.5 Å². The van der Waals surface area contributed by atoms with Crippen LogP contribution < -0.4 is 11.1 Å². The van der Waals surface area contributed by atoms with E-state index in [4.69, 9.17) is 10.5 Å². The Morgan fingerprint density at radius 2 is 2.04 bits per heavy atom. The summed E-state index contributed by atoms with van der Waals surface area (Å²) in [4.78, 5) is 25.1. The molecule has 1 aliphatic heterocycles. The van der Waals surface area contributed by atoms with Crippen molar-refractivity contribution in [2.45, 2.75) is 18.9 Å². The number of aromatic nitrogens is 2. The zero-order valence-electron chi connectivity index (χ0n) is 14.6. The standard InChI is InChI=1S/C20H19N5O2/c21-20-24-16(12-27-20)9-5-13-3-7-15(8-4-13)23-19(26)17-10-6-14-2-1-11-22-18(14)25-17/h1-4,6-8,10-11,16H,5,9,12H2,(H2,21,24)(H,23,26). The monoisotopic (exact) mass is 361 g/mol. The molecule has 0 bridgehead atoms. The van der Waals surface area contributed by atoms with Gasteiger partial charge in [0.1, 0.15) is 12.3 Å². The second-order valence-electron chi connectivity index (χ2n) is 6.37. The van der Waals surface area contributed by atoms with Gasteiger partial charge in [0.25, 0.3) is 11.9 Å². The summed E-state index contributed by atoms with van der Waals surface area (Å²) >= 11 is 0. The van der Waals surface area contributed by atoms with E-state index in [-0.39, 0.29) is 18.0 Å². The van der Waals surface area contributed by atoms with Gasteiger partial charge in [-0.05, 0) is 54.8 Å². The molecule has 1 aliphatic rings. The van der Waals surface area contributed by atoms with Gasteiger partial charge in [0.05, 0.1) is 6.04 Å². The van der Waals surface area contributed by atoms with Gasteiger partial charge < -0.3 is 15.8 Å². The van der Waals surface area contributed by atoms with Gasteiger partial charge in [-0.15, -0.1) is 0 Å². The van der Waals surface area contributed by atoms with Crippen LogP contribution in [-0.4, -0.2) is 34.5 Å². The Balaban J connectivity index is 1.37. The number of pyridine rings is 2. The fourth-order valence-electron chi connectivity index (χ4n) is 2.95. The van der Waals surface area contributed by atoms with Crippen molar-refractivity contribution < 1.29 is 9.53 Å². The molecule has 1 amide bonds. The van der Waals surface area contributed by atoms with Crippen molar-refractivity contribution in [3.63, 3.8) is 0 Å². The summed E-state index contributed by atoms with van der Waals surface area (Å²) in [6.45, 7) is 0.549. The average molecular weight is 361 g/mol. The molecule has 3 aromatic rings. The lowest BCUT2D eigenvalue weighted by molar-refractivity contribution is 0.102. The molecule has 4 rings (SSSR count). The molecule has 1 unspecified atom stereocenters. The van der Waals surface area contributed by atoms with Crippen molar-refractivity contribution in [2.75, 3.05) is 11.9 Å². The number of aryl methyl sites for hydroxylation is 1. The molecule has 3 heterocycles. The first-order valence-electron chi connectivity index (χ1n) is 8.75. The highest BCUT2D eigenvalue weighted by molar-refractivity contribution is 6.03. The van der Waals surface area contributed by atoms with E-state index >= 15 is 0 Å². The van der Waals surface area contributed by atoms with Crippen LogP contribution in [0.25, 0.3) is 11.0 Å². The molecule has 0 saturated heterocycles. The number of amides is 1. The molecule has 0 fully saturated rings. The molecular formula is C20H19N5O2. The van der Waals surface area contributed by atoms with Gasteiger partial charge in [0.15, 0.2) is 5.65 Å². The van der Waals surface area contributed by atoms with Crippen molar-refractivity contribution in [3.8, 4) is 0 Å². The van der Waals surface area contributed by atoms with Crippen molar-refractivity contribution in [1.82, 2.24) is 9.97 Å². The Morgan fingerprint density at radius 1 is 1.19 bits per heavy atom. The lowest BCUT2D eigenvalue weighted by Gasteiger charge is -2.08. The van der Waals surface area contributed by atoms with Gasteiger partial charge in [0, 0.05) is 17.3 Å². The van der Waals surface area contributed by atoms with E-state index < -0.39 is 0 Å². The largest absolute Gasteiger partial charge is 0.463 e. The maximum absolute atomic E-state index is 12.4. The number of benzene rings is 1. The summed E-state index contributed by atoms with van der Waals surface area (Å²) in [5, 5.41) is 3.77. The van der Waals surface area contributed by atoms with Crippen LogP contribution in [-0.2, 0) is 11.2 Å². The van der Waals surface area contributed by atoms with E-state index in [9.17, 15) is 4.79 Å². The first-order valence-corrected chi connectivity index (χ1v) is 8.75. The van der Waals surface area contributed by atoms with Crippen LogP contribution >= 0.6 is 0 Å². The zero-order valence-corrected chi connectivity index (χ0v) is 14.6. The number of hydrogen-bond donors (Lipinski definition) is 2. The smallest absolute Gasteiger partial charge is 0.282 e. The minimum Gasteiger partial charge on any atom is -0.463 e. The van der Waals surface area contributed by atoms with Crippen LogP contribution in [0.1, 0.15) is 22.5 Å². The third-order valence-electron chi connectivity index (χ3n) is 4.41. The van der Waals surface area contributed by atoms with Gasteiger partial charge >= 0.3 is 0 Å². The normalized spacial score (nSPS) is 16.0. The molecule has 0 aliphatic carbocycles. The highest BCUT2D eigenvalue weighted by atomic mass is 16.5. The fraction of sp³-hybridized carbons (Fsp3) is 0.200. The Labute approximate surface area is 156 Å². The molecule has 7 nitrogen and oxygen atoms in total. The number of nitrogens with zero attached hydrogens (tertiary/aromatic N) is 3. The number of aliphatic imine (C=N–C) groups is 1. The number of carbonyl (C=O) groups excluding carboxylic acids is 1. The number of hydrogen-bond acceptors (Lipinski definition) is 6. The number of anilines is 1. The van der Waals surface area contributed by atoms with Gasteiger partial charge in [-0.25, -0.2) is 15.0 Å². The maximum atomic E-state index is 12.4. The summed E-state index contributed by atoms with van der Waals surface area (Å²) in [6.07, 6.45) is 3.41. The third kappa shape index (κ3) is 4.03. The Morgan fingerprint density at radius 3 is 2.81 bits per heavy atom. The molecule has 1 atom stereocenters. The minimum absolute atomic E-state index is 0.122. The van der Waals surface area contributed by atoms with Crippen molar-refractivity contribution in [3.05, 3.63) is 66.0 Å². The molecule has 136 valence electrons. The quantitative estimate of drug-likeness (QED) is 0.727. The fourth-order valence-corrected chi connectivity index (χ4v) is 2.95. The number of rotatable bonds is 5. The van der Waals surface area contributed by atoms with E-state index in [0.717, 1.165) is 23.9 Å². The first kappa shape index (κ1) is 17.0. The van der Waals surface area contributed by atoms with Crippen molar-refractivity contribution in [2.24, 2.45) is 10.7 Å². The Bertz CT molecular complexity index is 1000.